The molecule has 2 N–H and O–H groups in total. The van der Waals surface area contributed by atoms with Crippen molar-refractivity contribution in [1.29, 1.82) is 0 Å². The van der Waals surface area contributed by atoms with Gasteiger partial charge in [0.25, 0.3) is 5.91 Å². The van der Waals surface area contributed by atoms with Crippen molar-refractivity contribution in [3.05, 3.63) is 41.7 Å². The number of amides is 1. The highest BCUT2D eigenvalue weighted by Crippen LogP contribution is 2.31. The van der Waals surface area contributed by atoms with Gasteiger partial charge in [-0.25, -0.2) is 0 Å². The van der Waals surface area contributed by atoms with Crippen molar-refractivity contribution >= 4 is 11.9 Å². The first-order chi connectivity index (χ1) is 11.5. The summed E-state index contributed by atoms with van der Waals surface area (Å²) in [6, 6.07) is 5.79. The molecule has 1 aromatic carbocycles. The Morgan fingerprint density at radius 2 is 2.04 bits per heavy atom. The van der Waals surface area contributed by atoms with E-state index in [0.717, 1.165) is 0 Å². The minimum atomic E-state index is -1.04. The van der Waals surface area contributed by atoms with Gasteiger partial charge in [-0.05, 0) is 18.2 Å². The summed E-state index contributed by atoms with van der Waals surface area (Å²) in [6.07, 6.45) is 1.21. The molecule has 8 nitrogen and oxygen atoms in total. The van der Waals surface area contributed by atoms with Crippen molar-refractivity contribution in [2.45, 2.75) is 12.5 Å². The summed E-state index contributed by atoms with van der Waals surface area (Å²) in [4.78, 5) is 23.6. The van der Waals surface area contributed by atoms with Gasteiger partial charge in [0.05, 0.1) is 26.7 Å². The summed E-state index contributed by atoms with van der Waals surface area (Å²) < 4.78 is 11.9. The normalized spacial score (nSPS) is 11.6. The monoisotopic (exact) mass is 333 g/mol. The van der Waals surface area contributed by atoms with Crippen molar-refractivity contribution in [2.75, 3.05) is 14.2 Å². The van der Waals surface area contributed by atoms with Crippen molar-refractivity contribution in [1.82, 2.24) is 15.1 Å². The largest absolute Gasteiger partial charge is 0.497 e. The number of carboxylic acids is 1. The third kappa shape index (κ3) is 3.83. The summed E-state index contributed by atoms with van der Waals surface area (Å²) in [6.45, 7) is 0. The number of aryl methyl sites for hydroxylation is 1. The van der Waals surface area contributed by atoms with Crippen LogP contribution in [0.15, 0.2) is 30.5 Å². The molecule has 8 heteroatoms. The fourth-order valence-corrected chi connectivity index (χ4v) is 2.35. The summed E-state index contributed by atoms with van der Waals surface area (Å²) in [5, 5.41) is 15.8. The molecule has 2 rings (SSSR count). The fraction of sp³-hybridized carbons (Fsp3) is 0.312. The molecular weight excluding hydrogens is 314 g/mol. The van der Waals surface area contributed by atoms with E-state index in [2.05, 4.69) is 10.4 Å². The maximum Gasteiger partial charge on any atom is 0.305 e. The number of benzene rings is 1. The third-order valence-corrected chi connectivity index (χ3v) is 3.55. The number of carboxylic acid groups (broad SMARTS) is 1. The molecule has 0 saturated carbocycles. The lowest BCUT2D eigenvalue weighted by Crippen LogP contribution is -2.31. The Morgan fingerprint density at radius 1 is 1.29 bits per heavy atom. The van der Waals surface area contributed by atoms with Gasteiger partial charge >= 0.3 is 5.97 Å². The van der Waals surface area contributed by atoms with Crippen LogP contribution in [0.5, 0.6) is 11.5 Å². The molecular formula is C16H19N3O5. The first-order valence-corrected chi connectivity index (χ1v) is 7.18. The van der Waals surface area contributed by atoms with Gasteiger partial charge in [-0.1, -0.05) is 0 Å². The maximum atomic E-state index is 12.4. The number of nitrogens with zero attached hydrogens (tertiary/aromatic N) is 2. The SMILES string of the molecule is COc1ccc(C(CC(=O)O)NC(=O)c2ccnn2C)c(OC)c1. The molecule has 1 amide bonds. The molecule has 128 valence electrons. The lowest BCUT2D eigenvalue weighted by molar-refractivity contribution is -0.137. The second-order valence-corrected chi connectivity index (χ2v) is 5.07. The Kier molecular flexibility index (Phi) is 5.41. The van der Waals surface area contributed by atoms with E-state index in [0.29, 0.717) is 22.8 Å². The first kappa shape index (κ1) is 17.3. The second kappa shape index (κ2) is 7.49. The van der Waals surface area contributed by atoms with Gasteiger partial charge in [-0.2, -0.15) is 5.10 Å². The van der Waals surface area contributed by atoms with Gasteiger partial charge in [-0.15, -0.1) is 0 Å². The van der Waals surface area contributed by atoms with E-state index < -0.39 is 17.9 Å². The van der Waals surface area contributed by atoms with Crippen LogP contribution in [0, 0.1) is 0 Å². The quantitative estimate of drug-likeness (QED) is 0.793. The highest BCUT2D eigenvalue weighted by atomic mass is 16.5. The Hall–Kier alpha value is -3.03. The topological polar surface area (TPSA) is 103 Å². The van der Waals surface area contributed by atoms with Crippen LogP contribution in [0.1, 0.15) is 28.5 Å². The molecule has 1 unspecified atom stereocenters. The van der Waals surface area contributed by atoms with E-state index in [-0.39, 0.29) is 6.42 Å². The van der Waals surface area contributed by atoms with Gasteiger partial charge in [-0.3, -0.25) is 14.3 Å². The van der Waals surface area contributed by atoms with Gasteiger partial charge in [0.15, 0.2) is 0 Å². The zero-order valence-corrected chi connectivity index (χ0v) is 13.6. The predicted octanol–water partition coefficient (Wildman–Crippen LogP) is 1.38. The van der Waals surface area contributed by atoms with Crippen molar-refractivity contribution in [3.63, 3.8) is 0 Å². The molecule has 0 aliphatic rings. The minimum Gasteiger partial charge on any atom is -0.497 e. The van der Waals surface area contributed by atoms with Crippen LogP contribution < -0.4 is 14.8 Å². The van der Waals surface area contributed by atoms with Crippen LogP contribution in [-0.2, 0) is 11.8 Å². The number of aliphatic carboxylic acids is 1. The van der Waals surface area contributed by atoms with Crippen LogP contribution in [0.3, 0.4) is 0 Å². The summed E-state index contributed by atoms with van der Waals surface area (Å²) in [5.41, 5.74) is 0.883. The molecule has 1 aromatic heterocycles. The van der Waals surface area contributed by atoms with E-state index in [1.807, 2.05) is 0 Å². The average Bonchev–Trinajstić information content (AvgIpc) is 2.99. The smallest absolute Gasteiger partial charge is 0.305 e. The number of hydrogen-bond acceptors (Lipinski definition) is 5. The Morgan fingerprint density at radius 3 is 2.58 bits per heavy atom. The number of aromatic nitrogens is 2. The first-order valence-electron chi connectivity index (χ1n) is 7.18. The van der Waals surface area contributed by atoms with Gasteiger partial charge in [0, 0.05) is 24.9 Å². The Labute approximate surface area is 139 Å². The third-order valence-electron chi connectivity index (χ3n) is 3.55. The van der Waals surface area contributed by atoms with Crippen LogP contribution in [0.2, 0.25) is 0 Å². The molecule has 0 aliphatic heterocycles. The summed E-state index contributed by atoms with van der Waals surface area (Å²) in [5.74, 6) is -0.448. The number of carbonyl (C=O) groups is 2. The minimum absolute atomic E-state index is 0.285. The van der Waals surface area contributed by atoms with E-state index in [1.165, 1.54) is 25.1 Å². The molecule has 0 spiro atoms. The molecule has 0 radical (unpaired) electrons. The molecule has 0 fully saturated rings. The standard InChI is InChI=1S/C16H19N3O5/c1-19-13(6-7-17-19)16(22)18-12(9-15(20)21)11-5-4-10(23-2)8-14(11)24-3/h4-8,12H,9H2,1-3H3,(H,18,22)(H,20,21). The molecule has 2 aromatic rings. The zero-order chi connectivity index (χ0) is 17.7. The number of nitrogens with one attached hydrogen (secondary N) is 1. The van der Waals surface area contributed by atoms with E-state index in [4.69, 9.17) is 9.47 Å². The van der Waals surface area contributed by atoms with Gasteiger partial charge in [0.1, 0.15) is 17.2 Å². The number of carbonyl (C=O) groups excluding carboxylic acids is 1. The van der Waals surface area contributed by atoms with E-state index >= 15 is 0 Å². The van der Waals surface area contributed by atoms with Crippen molar-refractivity contribution in [2.24, 2.45) is 7.05 Å². The summed E-state index contributed by atoms with van der Waals surface area (Å²) >= 11 is 0. The maximum absolute atomic E-state index is 12.4. The molecule has 0 saturated heterocycles. The van der Waals surface area contributed by atoms with Crippen molar-refractivity contribution < 1.29 is 24.2 Å². The Bertz CT molecular complexity index is 741. The van der Waals surface area contributed by atoms with E-state index in [9.17, 15) is 14.7 Å². The average molecular weight is 333 g/mol. The van der Waals surface area contributed by atoms with Crippen molar-refractivity contribution in [3.8, 4) is 11.5 Å². The van der Waals surface area contributed by atoms with Crippen LogP contribution >= 0.6 is 0 Å². The Balaban J connectivity index is 2.33. The van der Waals surface area contributed by atoms with Gasteiger partial charge < -0.3 is 19.9 Å². The fourth-order valence-electron chi connectivity index (χ4n) is 2.35. The van der Waals surface area contributed by atoms with Crippen LogP contribution in [0.25, 0.3) is 0 Å². The number of hydrogen-bond donors (Lipinski definition) is 2. The lowest BCUT2D eigenvalue weighted by Gasteiger charge is -2.20. The highest BCUT2D eigenvalue weighted by molar-refractivity contribution is 5.93. The summed E-state index contributed by atoms with van der Waals surface area (Å²) in [7, 11) is 4.63. The molecule has 24 heavy (non-hydrogen) atoms. The molecule has 1 heterocycles. The highest BCUT2D eigenvalue weighted by Gasteiger charge is 2.23. The van der Waals surface area contributed by atoms with Crippen LogP contribution in [0.4, 0.5) is 0 Å². The second-order valence-electron chi connectivity index (χ2n) is 5.07. The zero-order valence-electron chi connectivity index (χ0n) is 13.6. The number of rotatable bonds is 7. The predicted molar refractivity (Wildman–Crippen MR) is 85.2 cm³/mol. The van der Waals surface area contributed by atoms with Gasteiger partial charge in [0.2, 0.25) is 0 Å². The number of methoxy groups -OCH3 is 2. The molecule has 1 atom stereocenters. The van der Waals surface area contributed by atoms with Crippen LogP contribution in [-0.4, -0.2) is 41.0 Å². The van der Waals surface area contributed by atoms with E-state index in [1.54, 1.807) is 31.3 Å². The lowest BCUT2D eigenvalue weighted by atomic mass is 10.0. The molecule has 0 bridgehead atoms. The number of ether oxygens (including phenoxy) is 2. The molecule has 0 aliphatic carbocycles.